The molecule has 0 N–H and O–H groups in total. The fraction of sp³-hybridized carbons (Fsp3) is 0.294. The van der Waals surface area contributed by atoms with E-state index in [1.807, 2.05) is 11.3 Å². The van der Waals surface area contributed by atoms with Gasteiger partial charge in [0.15, 0.2) is 14.7 Å². The van der Waals surface area contributed by atoms with Crippen molar-refractivity contribution in [1.82, 2.24) is 0 Å². The maximum absolute atomic E-state index is 6.09. The van der Waals surface area contributed by atoms with Crippen molar-refractivity contribution in [2.45, 2.75) is 68.1 Å². The van der Waals surface area contributed by atoms with Crippen LogP contribution in [0, 0.1) is 13.8 Å². The lowest BCUT2D eigenvalue weighted by molar-refractivity contribution is 0.307. The Labute approximate surface area is 234 Å². The van der Waals surface area contributed by atoms with E-state index in [0.717, 1.165) is 50.4 Å². The summed E-state index contributed by atoms with van der Waals surface area (Å²) in [7, 11) is -0.256. The van der Waals surface area contributed by atoms with Crippen LogP contribution in [0.2, 0.25) is 0 Å². The molecule has 5 aromatic rings. The van der Waals surface area contributed by atoms with Crippen molar-refractivity contribution in [1.29, 1.82) is 0 Å². The summed E-state index contributed by atoms with van der Waals surface area (Å²) in [5, 5.41) is 2.68. The quantitative estimate of drug-likeness (QED) is 0.122. The van der Waals surface area contributed by atoms with Crippen molar-refractivity contribution in [2.24, 2.45) is 0 Å². The SMILES string of the molecule is CCCCOc1ccc([S+](c2ccc(OCCCC)c(C)c2)c2ccc3sc4ccccc4c3c2)cc1C. The lowest BCUT2D eigenvalue weighted by Gasteiger charge is -2.14. The van der Waals surface area contributed by atoms with Crippen molar-refractivity contribution in [3.63, 3.8) is 0 Å². The fourth-order valence-electron chi connectivity index (χ4n) is 4.71. The molecule has 0 saturated heterocycles. The molecule has 5 rings (SSSR count). The zero-order valence-corrected chi connectivity index (χ0v) is 24.5. The second-order valence-electron chi connectivity index (χ2n) is 9.82. The Balaban J connectivity index is 1.58. The molecule has 0 spiro atoms. The molecule has 0 radical (unpaired) electrons. The summed E-state index contributed by atoms with van der Waals surface area (Å²) in [4.78, 5) is 3.95. The summed E-state index contributed by atoms with van der Waals surface area (Å²) in [6.45, 7) is 10.3. The number of hydrogen-bond donors (Lipinski definition) is 0. The second kappa shape index (κ2) is 12.3. The Kier molecular flexibility index (Phi) is 8.61. The fourth-order valence-corrected chi connectivity index (χ4v) is 8.06. The minimum atomic E-state index is -0.256. The van der Waals surface area contributed by atoms with E-state index in [9.17, 15) is 0 Å². The molecular formula is C34H37O2S2+. The van der Waals surface area contributed by atoms with Crippen LogP contribution in [0.3, 0.4) is 0 Å². The molecular weight excluding hydrogens is 505 g/mol. The molecule has 0 fully saturated rings. The lowest BCUT2D eigenvalue weighted by Crippen LogP contribution is -2.07. The summed E-state index contributed by atoms with van der Waals surface area (Å²) < 4.78 is 14.9. The third-order valence-electron chi connectivity index (χ3n) is 6.86. The highest BCUT2D eigenvalue weighted by Gasteiger charge is 2.31. The van der Waals surface area contributed by atoms with Gasteiger partial charge in [-0.2, -0.15) is 0 Å². The smallest absolute Gasteiger partial charge is 0.167 e. The van der Waals surface area contributed by atoms with Gasteiger partial charge in [-0.05, 0) is 80.3 Å². The standard InChI is InChI=1S/C34H37O2S2/c1-5-7-19-35-31-16-13-26(21-24(31)3)38(27-14-17-32(25(4)22-27)36-20-8-6-2)28-15-18-34-30(23-28)29-11-9-10-12-33(29)37-34/h9-18,21-23H,5-8,19-20H2,1-4H3/q+1. The summed E-state index contributed by atoms with van der Waals surface area (Å²) in [5.41, 5.74) is 2.38. The summed E-state index contributed by atoms with van der Waals surface area (Å²) in [5.74, 6) is 1.97. The summed E-state index contributed by atoms with van der Waals surface area (Å²) >= 11 is 1.87. The predicted octanol–water partition coefficient (Wildman–Crippen LogP) is 10.1. The molecule has 38 heavy (non-hydrogen) atoms. The van der Waals surface area contributed by atoms with Gasteiger partial charge in [0.25, 0.3) is 0 Å². The number of rotatable bonds is 11. The Morgan fingerprint density at radius 2 is 1.13 bits per heavy atom. The van der Waals surface area contributed by atoms with E-state index in [-0.39, 0.29) is 10.9 Å². The van der Waals surface area contributed by atoms with Gasteiger partial charge in [-0.15, -0.1) is 11.3 Å². The minimum absolute atomic E-state index is 0.256. The van der Waals surface area contributed by atoms with Crippen molar-refractivity contribution in [3.05, 3.63) is 90.0 Å². The Morgan fingerprint density at radius 3 is 1.71 bits per heavy atom. The highest BCUT2D eigenvalue weighted by Crippen LogP contribution is 2.40. The van der Waals surface area contributed by atoms with E-state index in [1.54, 1.807) is 0 Å². The van der Waals surface area contributed by atoms with Crippen molar-refractivity contribution in [2.75, 3.05) is 13.2 Å². The molecule has 2 nitrogen and oxygen atoms in total. The molecule has 0 saturated carbocycles. The first-order valence-electron chi connectivity index (χ1n) is 13.7. The zero-order chi connectivity index (χ0) is 26.5. The number of benzene rings is 4. The van der Waals surface area contributed by atoms with Crippen LogP contribution in [-0.4, -0.2) is 13.2 Å². The van der Waals surface area contributed by atoms with E-state index < -0.39 is 0 Å². The second-order valence-corrected chi connectivity index (χ2v) is 12.9. The molecule has 4 heteroatoms. The van der Waals surface area contributed by atoms with Crippen LogP contribution in [0.1, 0.15) is 50.7 Å². The third-order valence-corrected chi connectivity index (χ3v) is 10.2. The molecule has 1 aromatic heterocycles. The van der Waals surface area contributed by atoms with Gasteiger partial charge >= 0.3 is 0 Å². The van der Waals surface area contributed by atoms with Crippen LogP contribution in [-0.2, 0) is 10.9 Å². The highest BCUT2D eigenvalue weighted by atomic mass is 32.2. The molecule has 1 heterocycles. The predicted molar refractivity (Wildman–Crippen MR) is 165 cm³/mol. The summed E-state index contributed by atoms with van der Waals surface area (Å²) in [6.07, 6.45) is 4.42. The van der Waals surface area contributed by atoms with E-state index in [0.29, 0.717) is 0 Å². The van der Waals surface area contributed by atoms with Crippen molar-refractivity contribution < 1.29 is 9.47 Å². The molecule has 0 aliphatic carbocycles. The topological polar surface area (TPSA) is 18.5 Å². The number of aryl methyl sites for hydroxylation is 2. The van der Waals surface area contributed by atoms with Crippen molar-refractivity contribution in [3.8, 4) is 11.5 Å². The van der Waals surface area contributed by atoms with Gasteiger partial charge < -0.3 is 9.47 Å². The van der Waals surface area contributed by atoms with Gasteiger partial charge in [0, 0.05) is 38.4 Å². The van der Waals surface area contributed by atoms with Crippen LogP contribution in [0.5, 0.6) is 11.5 Å². The number of unbranched alkanes of at least 4 members (excludes halogenated alkanes) is 2. The van der Waals surface area contributed by atoms with Gasteiger partial charge in [0.1, 0.15) is 11.5 Å². The van der Waals surface area contributed by atoms with Gasteiger partial charge in [0.2, 0.25) is 0 Å². The Hall–Kier alpha value is -2.95. The molecule has 0 aliphatic rings. The lowest BCUT2D eigenvalue weighted by atomic mass is 10.1. The Morgan fingerprint density at radius 1 is 0.605 bits per heavy atom. The highest BCUT2D eigenvalue weighted by molar-refractivity contribution is 7.97. The molecule has 4 aromatic carbocycles. The first-order valence-corrected chi connectivity index (χ1v) is 15.8. The maximum atomic E-state index is 6.09. The van der Waals surface area contributed by atoms with Crippen LogP contribution in [0.15, 0.2) is 93.5 Å². The first kappa shape index (κ1) is 26.6. The largest absolute Gasteiger partial charge is 0.493 e. The first-order chi connectivity index (χ1) is 18.6. The average Bonchev–Trinajstić information content (AvgIpc) is 3.29. The number of thiophene rings is 1. The van der Waals surface area contributed by atoms with E-state index >= 15 is 0 Å². The molecule has 0 unspecified atom stereocenters. The molecule has 0 aliphatic heterocycles. The van der Waals surface area contributed by atoms with Crippen LogP contribution >= 0.6 is 11.3 Å². The summed E-state index contributed by atoms with van der Waals surface area (Å²) in [6, 6.07) is 29.3. The monoisotopic (exact) mass is 541 g/mol. The number of fused-ring (bicyclic) bond motifs is 3. The zero-order valence-electron chi connectivity index (χ0n) is 22.9. The van der Waals surface area contributed by atoms with Gasteiger partial charge in [-0.1, -0.05) is 44.9 Å². The molecule has 0 amide bonds. The third kappa shape index (κ3) is 5.72. The van der Waals surface area contributed by atoms with Crippen molar-refractivity contribution >= 4 is 42.4 Å². The van der Waals surface area contributed by atoms with E-state index in [2.05, 4.69) is 107 Å². The van der Waals surface area contributed by atoms with E-state index in [1.165, 1.54) is 46.0 Å². The number of ether oxygens (including phenoxy) is 2. The maximum Gasteiger partial charge on any atom is 0.167 e. The molecule has 0 bridgehead atoms. The normalized spacial score (nSPS) is 11.5. The van der Waals surface area contributed by atoms with Crippen LogP contribution in [0.4, 0.5) is 0 Å². The number of hydrogen-bond acceptors (Lipinski definition) is 3. The van der Waals surface area contributed by atoms with Crippen LogP contribution < -0.4 is 9.47 Å². The van der Waals surface area contributed by atoms with E-state index in [4.69, 9.17) is 9.47 Å². The van der Waals surface area contributed by atoms with Crippen LogP contribution in [0.25, 0.3) is 20.2 Å². The van der Waals surface area contributed by atoms with Gasteiger partial charge in [-0.25, -0.2) is 0 Å². The van der Waals surface area contributed by atoms with Gasteiger partial charge in [-0.3, -0.25) is 0 Å². The average molecular weight is 542 g/mol. The minimum Gasteiger partial charge on any atom is -0.493 e. The molecule has 0 atom stereocenters. The molecule has 196 valence electrons. The Bertz CT molecular complexity index is 1480. The van der Waals surface area contributed by atoms with Gasteiger partial charge in [0.05, 0.1) is 24.1 Å².